The van der Waals surface area contributed by atoms with Crippen molar-refractivity contribution in [2.24, 2.45) is 11.8 Å². The van der Waals surface area contributed by atoms with Gasteiger partial charge in [0.25, 0.3) is 0 Å². The third-order valence-corrected chi connectivity index (χ3v) is 4.73. The lowest BCUT2D eigenvalue weighted by Crippen LogP contribution is -2.52. The summed E-state index contributed by atoms with van der Waals surface area (Å²) in [5.41, 5.74) is 0.931. The Morgan fingerprint density at radius 3 is 2.25 bits per heavy atom. The maximum absolute atomic E-state index is 12.7. The fraction of sp³-hybridized carbons (Fsp3) is 0.579. The van der Waals surface area contributed by atoms with Crippen molar-refractivity contribution in [3.8, 4) is 0 Å². The van der Waals surface area contributed by atoms with Crippen LogP contribution in [0.3, 0.4) is 0 Å². The smallest absolute Gasteiger partial charge is 0.245 e. The number of likely N-dealkylation sites (tertiary alicyclic amines) is 1. The number of nitrogens with zero attached hydrogens (tertiary/aromatic N) is 1. The molecule has 0 aromatic heterocycles. The van der Waals surface area contributed by atoms with Crippen molar-refractivity contribution < 1.29 is 14.7 Å². The lowest BCUT2D eigenvalue weighted by atomic mass is 9.87. The van der Waals surface area contributed by atoms with E-state index >= 15 is 0 Å². The minimum Gasteiger partial charge on any atom is -0.388 e. The van der Waals surface area contributed by atoms with Crippen molar-refractivity contribution in [2.75, 3.05) is 13.1 Å². The summed E-state index contributed by atoms with van der Waals surface area (Å²) in [6.07, 6.45) is 1.05. The summed E-state index contributed by atoms with van der Waals surface area (Å²) < 4.78 is 0. The van der Waals surface area contributed by atoms with Gasteiger partial charge in [-0.05, 0) is 30.2 Å². The van der Waals surface area contributed by atoms with Crippen LogP contribution < -0.4 is 5.32 Å². The average molecular weight is 332 g/mol. The fourth-order valence-electron chi connectivity index (χ4n) is 3.29. The molecule has 0 aliphatic carbocycles. The van der Waals surface area contributed by atoms with Gasteiger partial charge in [-0.1, -0.05) is 44.2 Å². The maximum atomic E-state index is 12.7. The monoisotopic (exact) mass is 332 g/mol. The highest BCUT2D eigenvalue weighted by molar-refractivity contribution is 5.87. The molecule has 1 aromatic carbocycles. The van der Waals surface area contributed by atoms with Crippen LogP contribution in [0.2, 0.25) is 0 Å². The van der Waals surface area contributed by atoms with Gasteiger partial charge in [0.1, 0.15) is 6.04 Å². The van der Waals surface area contributed by atoms with Gasteiger partial charge in [-0.2, -0.15) is 0 Å². The summed E-state index contributed by atoms with van der Waals surface area (Å²) in [5.74, 6) is 0.00744. The number of aliphatic hydroxyl groups is 1. The third kappa shape index (κ3) is 4.57. The normalized spacial score (nSPS) is 18.3. The molecule has 2 atom stereocenters. The zero-order valence-electron chi connectivity index (χ0n) is 14.7. The van der Waals surface area contributed by atoms with Gasteiger partial charge in [0.2, 0.25) is 11.8 Å². The van der Waals surface area contributed by atoms with E-state index in [4.69, 9.17) is 0 Å². The Bertz CT molecular complexity index is 551. The second-order valence-electron chi connectivity index (χ2n) is 6.94. The van der Waals surface area contributed by atoms with E-state index in [9.17, 15) is 14.7 Å². The predicted octanol–water partition coefficient (Wildman–Crippen LogP) is 2.12. The number of carbonyl (C=O) groups excluding carboxylic acids is 2. The topological polar surface area (TPSA) is 69.6 Å². The molecule has 0 radical (unpaired) electrons. The molecule has 1 fully saturated rings. The number of aliphatic hydroxyl groups excluding tert-OH is 1. The summed E-state index contributed by atoms with van der Waals surface area (Å²) >= 11 is 0. The van der Waals surface area contributed by atoms with Gasteiger partial charge in [0, 0.05) is 20.0 Å². The number of piperidine rings is 1. The molecule has 1 aliphatic heterocycles. The van der Waals surface area contributed by atoms with Crippen molar-refractivity contribution in [3.63, 3.8) is 0 Å². The molecule has 2 N–H and O–H groups in total. The van der Waals surface area contributed by atoms with Crippen LogP contribution in [0.25, 0.3) is 0 Å². The Hall–Kier alpha value is -1.88. The van der Waals surface area contributed by atoms with Crippen molar-refractivity contribution in [3.05, 3.63) is 35.9 Å². The summed E-state index contributed by atoms with van der Waals surface area (Å²) in [5, 5.41) is 13.3. The number of nitrogens with one attached hydrogen (secondary N) is 1. The third-order valence-electron chi connectivity index (χ3n) is 4.73. The molecule has 1 heterocycles. The molecule has 5 heteroatoms. The average Bonchev–Trinajstić information content (AvgIpc) is 2.59. The molecule has 0 bridgehead atoms. The Kier molecular flexibility index (Phi) is 6.37. The van der Waals surface area contributed by atoms with Crippen LogP contribution in [-0.2, 0) is 9.59 Å². The van der Waals surface area contributed by atoms with E-state index in [-0.39, 0.29) is 23.7 Å². The highest BCUT2D eigenvalue weighted by atomic mass is 16.3. The van der Waals surface area contributed by atoms with Gasteiger partial charge >= 0.3 is 0 Å². The Morgan fingerprint density at radius 2 is 1.75 bits per heavy atom. The van der Waals surface area contributed by atoms with E-state index < -0.39 is 12.1 Å². The molecular formula is C19H28N2O3. The molecule has 0 saturated carbocycles. The second-order valence-corrected chi connectivity index (χ2v) is 6.94. The molecule has 2 amide bonds. The highest BCUT2D eigenvalue weighted by Gasteiger charge is 2.32. The molecule has 5 nitrogen and oxygen atoms in total. The first kappa shape index (κ1) is 18.5. The van der Waals surface area contributed by atoms with Gasteiger partial charge < -0.3 is 15.3 Å². The van der Waals surface area contributed by atoms with Crippen molar-refractivity contribution in [2.45, 2.75) is 45.8 Å². The quantitative estimate of drug-likeness (QED) is 0.868. The lowest BCUT2D eigenvalue weighted by Gasteiger charge is -2.37. The molecule has 2 unspecified atom stereocenters. The Labute approximate surface area is 144 Å². The summed E-state index contributed by atoms with van der Waals surface area (Å²) in [7, 11) is 0. The number of rotatable bonds is 5. The van der Waals surface area contributed by atoms with Crippen LogP contribution in [0.15, 0.2) is 30.3 Å². The highest BCUT2D eigenvalue weighted by Crippen LogP contribution is 2.30. The SMILES string of the molecule is CC(=O)NC(C(=O)N1CCC(C(O)c2ccccc2)CC1)C(C)C. The number of benzene rings is 1. The van der Waals surface area contributed by atoms with Crippen LogP contribution in [0.4, 0.5) is 0 Å². The van der Waals surface area contributed by atoms with E-state index in [1.54, 1.807) is 0 Å². The van der Waals surface area contributed by atoms with Gasteiger partial charge in [-0.25, -0.2) is 0 Å². The van der Waals surface area contributed by atoms with E-state index in [0.29, 0.717) is 13.1 Å². The largest absolute Gasteiger partial charge is 0.388 e. The molecule has 1 aliphatic rings. The zero-order valence-corrected chi connectivity index (χ0v) is 14.7. The Morgan fingerprint density at radius 1 is 1.17 bits per heavy atom. The van der Waals surface area contributed by atoms with Gasteiger partial charge in [-0.3, -0.25) is 9.59 Å². The summed E-state index contributed by atoms with van der Waals surface area (Å²) in [4.78, 5) is 25.8. The number of carbonyl (C=O) groups is 2. The molecule has 2 rings (SSSR count). The lowest BCUT2D eigenvalue weighted by molar-refractivity contribution is -0.139. The first-order chi connectivity index (χ1) is 11.4. The molecular weight excluding hydrogens is 304 g/mol. The van der Waals surface area contributed by atoms with Crippen molar-refractivity contribution in [1.29, 1.82) is 0 Å². The molecule has 24 heavy (non-hydrogen) atoms. The van der Waals surface area contributed by atoms with E-state index in [1.165, 1.54) is 6.92 Å². The molecule has 132 valence electrons. The number of hydrogen-bond acceptors (Lipinski definition) is 3. The number of amides is 2. The summed E-state index contributed by atoms with van der Waals surface area (Å²) in [6.45, 7) is 6.55. The fourth-order valence-corrected chi connectivity index (χ4v) is 3.29. The predicted molar refractivity (Wildman–Crippen MR) is 93.1 cm³/mol. The van der Waals surface area contributed by atoms with Crippen LogP contribution in [-0.4, -0.2) is 41.0 Å². The first-order valence-electron chi connectivity index (χ1n) is 8.69. The summed E-state index contributed by atoms with van der Waals surface area (Å²) in [6, 6.07) is 9.20. The number of hydrogen-bond donors (Lipinski definition) is 2. The maximum Gasteiger partial charge on any atom is 0.245 e. The van der Waals surface area contributed by atoms with Gasteiger partial charge in [0.15, 0.2) is 0 Å². The first-order valence-corrected chi connectivity index (χ1v) is 8.69. The van der Waals surface area contributed by atoms with Gasteiger partial charge in [-0.15, -0.1) is 0 Å². The van der Waals surface area contributed by atoms with E-state index in [0.717, 1.165) is 18.4 Å². The standard InChI is InChI=1S/C19H28N2O3/c1-13(2)17(20-14(3)22)19(24)21-11-9-16(10-12-21)18(23)15-7-5-4-6-8-15/h4-8,13,16-18,23H,9-12H2,1-3H3,(H,20,22). The van der Waals surface area contributed by atoms with Gasteiger partial charge in [0.05, 0.1) is 6.10 Å². The minimum absolute atomic E-state index is 0.0205. The second kappa shape index (κ2) is 8.29. The minimum atomic E-state index is -0.486. The van der Waals surface area contributed by atoms with E-state index in [2.05, 4.69) is 5.32 Å². The molecule has 1 aromatic rings. The van der Waals surface area contributed by atoms with Crippen molar-refractivity contribution in [1.82, 2.24) is 10.2 Å². The molecule has 1 saturated heterocycles. The molecule has 0 spiro atoms. The Balaban J connectivity index is 1.94. The van der Waals surface area contributed by atoms with E-state index in [1.807, 2.05) is 49.1 Å². The zero-order chi connectivity index (χ0) is 17.7. The van der Waals surface area contributed by atoms with Crippen LogP contribution in [0.5, 0.6) is 0 Å². The van der Waals surface area contributed by atoms with Crippen LogP contribution >= 0.6 is 0 Å². The van der Waals surface area contributed by atoms with Crippen LogP contribution in [0.1, 0.15) is 45.3 Å². The van der Waals surface area contributed by atoms with Crippen LogP contribution in [0, 0.1) is 11.8 Å². The van der Waals surface area contributed by atoms with Crippen molar-refractivity contribution >= 4 is 11.8 Å².